The zero-order chi connectivity index (χ0) is 21.3. The Labute approximate surface area is 169 Å². The molecule has 3 rings (SSSR count). The summed E-state index contributed by atoms with van der Waals surface area (Å²) in [7, 11) is 0. The Bertz CT molecular complexity index is 1090. The summed E-state index contributed by atoms with van der Waals surface area (Å²) < 4.78 is 1.84. The van der Waals surface area contributed by atoms with Crippen molar-refractivity contribution in [3.8, 4) is 11.3 Å². The number of hydrogen-bond donors (Lipinski definition) is 3. The number of aryl methyl sites for hydroxylation is 3. The molecule has 3 N–H and O–H groups in total. The van der Waals surface area contributed by atoms with E-state index < -0.39 is 24.0 Å². The first-order chi connectivity index (χ1) is 13.7. The van der Waals surface area contributed by atoms with Gasteiger partial charge in [-0.3, -0.25) is 4.79 Å². The highest BCUT2D eigenvalue weighted by molar-refractivity contribution is 5.86. The normalized spacial score (nSPS) is 13.3. The van der Waals surface area contributed by atoms with Crippen molar-refractivity contribution >= 4 is 17.5 Å². The Morgan fingerprint density at radius 2 is 1.86 bits per heavy atom. The molecule has 0 saturated carbocycles. The third-order valence-corrected chi connectivity index (χ3v) is 5.05. The predicted octanol–water partition coefficient (Wildman–Crippen LogP) is 2.42. The maximum atomic E-state index is 12.6. The lowest BCUT2D eigenvalue weighted by Crippen LogP contribution is -2.48. The van der Waals surface area contributed by atoms with Gasteiger partial charge in [0.15, 0.2) is 6.04 Å². The van der Waals surface area contributed by atoms with Crippen molar-refractivity contribution in [1.29, 1.82) is 0 Å². The number of benzene rings is 1. The maximum absolute atomic E-state index is 12.6. The molecule has 0 radical (unpaired) electrons. The van der Waals surface area contributed by atoms with E-state index in [1.54, 1.807) is 0 Å². The molecule has 1 amide bonds. The largest absolute Gasteiger partial charge is 0.480 e. The van der Waals surface area contributed by atoms with Gasteiger partial charge < -0.3 is 19.9 Å². The van der Waals surface area contributed by atoms with Crippen LogP contribution in [-0.4, -0.2) is 43.6 Å². The third-order valence-electron chi connectivity index (χ3n) is 5.05. The summed E-state index contributed by atoms with van der Waals surface area (Å²) in [6.45, 7) is 7.35. The molecule has 7 heteroatoms. The van der Waals surface area contributed by atoms with Gasteiger partial charge in [-0.15, -0.1) is 0 Å². The lowest BCUT2D eigenvalue weighted by atomic mass is 10.0. The van der Waals surface area contributed by atoms with E-state index in [1.165, 1.54) is 6.92 Å². The second-order valence-corrected chi connectivity index (χ2v) is 7.44. The van der Waals surface area contributed by atoms with Crippen molar-refractivity contribution in [2.75, 3.05) is 0 Å². The predicted molar refractivity (Wildman–Crippen MR) is 110 cm³/mol. The Morgan fingerprint density at radius 3 is 2.48 bits per heavy atom. The number of fused-ring (bicyclic) bond motifs is 1. The number of aliphatic hydroxyl groups is 1. The van der Waals surface area contributed by atoms with Crippen LogP contribution in [0.5, 0.6) is 0 Å². The van der Waals surface area contributed by atoms with Gasteiger partial charge in [-0.1, -0.05) is 12.1 Å². The van der Waals surface area contributed by atoms with Gasteiger partial charge in [0.05, 0.1) is 23.9 Å². The molecule has 0 aliphatic heterocycles. The van der Waals surface area contributed by atoms with Gasteiger partial charge in [-0.05, 0) is 62.6 Å². The van der Waals surface area contributed by atoms with Gasteiger partial charge in [-0.2, -0.15) is 0 Å². The highest BCUT2D eigenvalue weighted by Crippen LogP contribution is 2.27. The fraction of sp³-hybridized carbons (Fsp3) is 0.318. The van der Waals surface area contributed by atoms with Crippen LogP contribution in [0.15, 0.2) is 36.5 Å². The molecule has 0 bridgehead atoms. The van der Waals surface area contributed by atoms with E-state index >= 15 is 0 Å². The smallest absolute Gasteiger partial charge is 0.328 e. The van der Waals surface area contributed by atoms with Crippen molar-refractivity contribution in [3.63, 3.8) is 0 Å². The number of carbonyl (C=O) groups excluding carboxylic acids is 1. The van der Waals surface area contributed by atoms with Crippen LogP contribution in [0.2, 0.25) is 0 Å². The average Bonchev–Trinajstić information content (AvgIpc) is 2.98. The number of nitrogens with zero attached hydrogens (tertiary/aromatic N) is 2. The number of nitrogens with one attached hydrogen (secondary N) is 1. The number of carboxylic acid groups (broad SMARTS) is 1. The lowest BCUT2D eigenvalue weighted by Gasteiger charge is -2.17. The Morgan fingerprint density at radius 1 is 1.14 bits per heavy atom. The SMILES string of the molecule is Cc1ccn2c(CC(=O)NC(C(=O)O)C(C)O)c(-c3ccc(C)c(C)c3)nc2c1. The number of aliphatic hydroxyl groups excluding tert-OH is 1. The molecule has 2 heterocycles. The summed E-state index contributed by atoms with van der Waals surface area (Å²) in [4.78, 5) is 28.6. The molecule has 29 heavy (non-hydrogen) atoms. The van der Waals surface area contributed by atoms with Gasteiger partial charge in [0, 0.05) is 11.8 Å². The van der Waals surface area contributed by atoms with Crippen LogP contribution in [0, 0.1) is 20.8 Å². The van der Waals surface area contributed by atoms with Gasteiger partial charge in [0.25, 0.3) is 0 Å². The van der Waals surface area contributed by atoms with Crippen LogP contribution >= 0.6 is 0 Å². The lowest BCUT2D eigenvalue weighted by molar-refractivity contribution is -0.144. The van der Waals surface area contributed by atoms with Crippen molar-refractivity contribution in [2.45, 2.75) is 46.3 Å². The number of carboxylic acids is 1. The van der Waals surface area contributed by atoms with Crippen molar-refractivity contribution in [2.24, 2.45) is 0 Å². The molecule has 1 aromatic carbocycles. The van der Waals surface area contributed by atoms with E-state index in [2.05, 4.69) is 5.32 Å². The summed E-state index contributed by atoms with van der Waals surface area (Å²) in [6, 6.07) is 8.50. The molecule has 2 unspecified atom stereocenters. The fourth-order valence-corrected chi connectivity index (χ4v) is 3.25. The number of rotatable bonds is 6. The number of amides is 1. The first kappa shape index (κ1) is 20.5. The highest BCUT2D eigenvalue weighted by atomic mass is 16.4. The number of hydrogen-bond acceptors (Lipinski definition) is 4. The molecule has 0 fully saturated rings. The molecule has 7 nitrogen and oxygen atoms in total. The van der Waals surface area contributed by atoms with E-state index in [0.29, 0.717) is 17.0 Å². The number of pyridine rings is 1. The minimum atomic E-state index is -1.37. The summed E-state index contributed by atoms with van der Waals surface area (Å²) in [5.74, 6) is -1.78. The minimum absolute atomic E-state index is 0.0665. The molecule has 0 saturated heterocycles. The number of aromatic nitrogens is 2. The summed E-state index contributed by atoms with van der Waals surface area (Å²) >= 11 is 0. The molecular weight excluding hydrogens is 370 g/mol. The van der Waals surface area contributed by atoms with E-state index in [1.807, 2.05) is 61.7 Å². The Balaban J connectivity index is 2.04. The summed E-state index contributed by atoms with van der Waals surface area (Å²) in [6.07, 6.45) is 0.581. The first-order valence-corrected chi connectivity index (χ1v) is 9.43. The number of imidazole rings is 1. The van der Waals surface area contributed by atoms with Crippen molar-refractivity contribution in [3.05, 3.63) is 58.9 Å². The molecule has 152 valence electrons. The highest BCUT2D eigenvalue weighted by Gasteiger charge is 2.26. The van der Waals surface area contributed by atoms with Gasteiger partial charge in [0.1, 0.15) is 5.65 Å². The Kier molecular flexibility index (Phi) is 5.70. The van der Waals surface area contributed by atoms with Gasteiger partial charge >= 0.3 is 5.97 Å². The summed E-state index contributed by atoms with van der Waals surface area (Å²) in [5, 5.41) is 21.3. The minimum Gasteiger partial charge on any atom is -0.480 e. The maximum Gasteiger partial charge on any atom is 0.328 e. The van der Waals surface area contributed by atoms with Crippen LogP contribution in [0.4, 0.5) is 0 Å². The monoisotopic (exact) mass is 395 g/mol. The molecule has 0 spiro atoms. The second kappa shape index (κ2) is 8.05. The van der Waals surface area contributed by atoms with E-state index in [4.69, 9.17) is 4.98 Å². The second-order valence-electron chi connectivity index (χ2n) is 7.44. The van der Waals surface area contributed by atoms with Crippen LogP contribution < -0.4 is 5.32 Å². The zero-order valence-corrected chi connectivity index (χ0v) is 16.9. The molecule has 2 atom stereocenters. The van der Waals surface area contributed by atoms with Gasteiger partial charge in [-0.25, -0.2) is 9.78 Å². The Hall–Kier alpha value is -3.19. The van der Waals surface area contributed by atoms with Crippen LogP contribution in [0.3, 0.4) is 0 Å². The van der Waals surface area contributed by atoms with E-state index in [0.717, 1.165) is 22.3 Å². The number of carbonyl (C=O) groups is 2. The quantitative estimate of drug-likeness (QED) is 0.595. The van der Waals surface area contributed by atoms with E-state index in [-0.39, 0.29) is 6.42 Å². The molecule has 0 aliphatic rings. The summed E-state index contributed by atoms with van der Waals surface area (Å²) in [5.41, 5.74) is 6.27. The molecule has 3 aromatic rings. The van der Waals surface area contributed by atoms with Crippen LogP contribution in [0.25, 0.3) is 16.9 Å². The zero-order valence-electron chi connectivity index (χ0n) is 16.9. The molecule has 2 aromatic heterocycles. The van der Waals surface area contributed by atoms with Crippen molar-refractivity contribution < 1.29 is 19.8 Å². The van der Waals surface area contributed by atoms with Crippen LogP contribution in [0.1, 0.15) is 29.3 Å². The fourth-order valence-electron chi connectivity index (χ4n) is 3.25. The topological polar surface area (TPSA) is 104 Å². The molecule has 0 aliphatic carbocycles. The molecular formula is C22H25N3O4. The average molecular weight is 395 g/mol. The standard InChI is InChI=1S/C22H25N3O4/c1-12-7-8-25-17(11-19(27)24-20(15(4)26)22(28)29)21(23-18(25)9-12)16-6-5-13(2)14(3)10-16/h5-10,15,20,26H,11H2,1-4H3,(H,24,27)(H,28,29). The first-order valence-electron chi connectivity index (χ1n) is 9.43. The third kappa shape index (κ3) is 4.30. The number of aliphatic carboxylic acids is 1. The van der Waals surface area contributed by atoms with E-state index in [9.17, 15) is 19.8 Å². The van der Waals surface area contributed by atoms with Gasteiger partial charge in [0.2, 0.25) is 5.91 Å². The van der Waals surface area contributed by atoms with Crippen molar-refractivity contribution in [1.82, 2.24) is 14.7 Å². The van der Waals surface area contributed by atoms with Crippen LogP contribution in [-0.2, 0) is 16.0 Å².